The number of sulfone groups is 1. The van der Waals surface area contributed by atoms with Gasteiger partial charge in [-0.2, -0.15) is 5.26 Å². The first-order valence-electron chi connectivity index (χ1n) is 18.1. The number of anilines is 1. The number of carbonyl (C=O) groups excluding carboxylic acids is 2. The van der Waals surface area contributed by atoms with Crippen LogP contribution in [0, 0.1) is 22.2 Å². The van der Waals surface area contributed by atoms with Gasteiger partial charge in [-0.15, -0.1) is 0 Å². The summed E-state index contributed by atoms with van der Waals surface area (Å²) >= 11 is 6.43. The lowest BCUT2D eigenvalue weighted by atomic mass is 9.88. The molecule has 0 bridgehead atoms. The smallest absolute Gasteiger partial charge is 0.351 e. The molecule has 4 atom stereocenters. The molecule has 0 aromatic carbocycles. The van der Waals surface area contributed by atoms with Gasteiger partial charge < -0.3 is 34.3 Å². The number of ether oxygens (including phenoxy) is 3. The maximum Gasteiger partial charge on any atom is 0.351 e. The molecule has 0 unspecified atom stereocenters. The highest BCUT2D eigenvalue weighted by Crippen LogP contribution is 2.50. The van der Waals surface area contributed by atoms with Crippen LogP contribution in [0.1, 0.15) is 105 Å². The molecule has 54 heavy (non-hydrogen) atoms. The minimum atomic E-state index is -4.71. The van der Waals surface area contributed by atoms with E-state index in [1.807, 2.05) is 13.8 Å². The van der Waals surface area contributed by atoms with Gasteiger partial charge in [0.05, 0.1) is 22.3 Å². The number of halogens is 1. The number of nitrogens with zero attached hydrogens (tertiary/aromatic N) is 3. The minimum absolute atomic E-state index is 0.0902. The first kappa shape index (κ1) is 43.9. The third-order valence-electron chi connectivity index (χ3n) is 9.75. The van der Waals surface area contributed by atoms with Gasteiger partial charge >= 0.3 is 19.5 Å². The highest BCUT2D eigenvalue weighted by Gasteiger charge is 2.47. The predicted octanol–water partition coefficient (Wildman–Crippen LogP) is 5.79. The first-order chi connectivity index (χ1) is 25.3. The lowest BCUT2D eigenvalue weighted by Crippen LogP contribution is -2.36. The quantitative estimate of drug-likeness (QED) is 0.0660. The second-order valence-electron chi connectivity index (χ2n) is 15.2. The summed E-state index contributed by atoms with van der Waals surface area (Å²) in [5.41, 5.74) is -2.23. The fourth-order valence-electron chi connectivity index (χ4n) is 6.79. The van der Waals surface area contributed by atoms with Crippen molar-refractivity contribution < 1.29 is 56.0 Å². The Morgan fingerprint density at radius 1 is 1.06 bits per heavy atom. The van der Waals surface area contributed by atoms with Gasteiger partial charge in [0.25, 0.3) is 0 Å². The largest absolute Gasteiger partial charge is 0.438 e. The van der Waals surface area contributed by atoms with Gasteiger partial charge in [-0.1, -0.05) is 51.1 Å². The number of hydrogen-bond donors (Lipinski definition) is 3. The zero-order valence-electron chi connectivity index (χ0n) is 31.6. The molecular formula is C35H52ClN4O12PS. The maximum absolute atomic E-state index is 13.9. The van der Waals surface area contributed by atoms with Crippen molar-refractivity contribution in [2.24, 2.45) is 10.8 Å². The normalized spacial score (nSPS) is 21.3. The molecule has 19 heteroatoms. The predicted molar refractivity (Wildman–Crippen MR) is 199 cm³/mol. The van der Waals surface area contributed by atoms with Crippen LogP contribution in [0.5, 0.6) is 0 Å². The Bertz CT molecular complexity index is 1820. The first-order valence-corrected chi connectivity index (χ1v) is 22.0. The molecule has 2 aliphatic rings. The van der Waals surface area contributed by atoms with Gasteiger partial charge in [0.1, 0.15) is 35.6 Å². The fraction of sp³-hybridized carbons (Fsp3) is 0.714. The molecule has 1 saturated heterocycles. The van der Waals surface area contributed by atoms with Crippen LogP contribution in [-0.2, 0) is 47.2 Å². The third-order valence-corrected chi connectivity index (χ3v) is 14.7. The molecule has 302 valence electrons. The van der Waals surface area contributed by atoms with E-state index >= 15 is 0 Å². The van der Waals surface area contributed by atoms with E-state index in [1.165, 1.54) is 10.8 Å². The minimum Gasteiger partial charge on any atom is -0.438 e. The molecule has 2 aromatic heterocycles. The number of nitriles is 1. The van der Waals surface area contributed by atoms with Crippen molar-refractivity contribution in [2.75, 3.05) is 30.1 Å². The van der Waals surface area contributed by atoms with Crippen molar-refractivity contribution in [2.45, 2.75) is 123 Å². The molecule has 1 aliphatic heterocycles. The Hall–Kier alpha value is -2.81. The number of pyridine rings is 1. The van der Waals surface area contributed by atoms with Gasteiger partial charge in [-0.25, -0.2) is 13.4 Å². The zero-order chi connectivity index (χ0) is 40.1. The van der Waals surface area contributed by atoms with Gasteiger partial charge in [0.2, 0.25) is 13.6 Å². The van der Waals surface area contributed by atoms with Crippen molar-refractivity contribution in [1.29, 1.82) is 5.26 Å². The molecule has 1 aliphatic carbocycles. The molecule has 3 heterocycles. The summed E-state index contributed by atoms with van der Waals surface area (Å²) in [6.45, 7) is 8.56. The van der Waals surface area contributed by atoms with Crippen LogP contribution < -0.4 is 5.32 Å². The van der Waals surface area contributed by atoms with Crippen LogP contribution in [0.25, 0.3) is 11.0 Å². The molecule has 4 rings (SSSR count). The summed E-state index contributed by atoms with van der Waals surface area (Å²) in [5.74, 6) is -2.29. The van der Waals surface area contributed by atoms with Crippen LogP contribution in [0.4, 0.5) is 5.69 Å². The third kappa shape index (κ3) is 10.5. The van der Waals surface area contributed by atoms with Crippen LogP contribution in [-0.4, -0.2) is 89.3 Å². The molecule has 0 spiro atoms. The molecule has 2 aromatic rings. The Kier molecular flexibility index (Phi) is 14.6. The summed E-state index contributed by atoms with van der Waals surface area (Å²) < 4.78 is 69.2. The standard InChI is InChI=1S/C35H52ClN4O12PS/c1-7-14-34(3,4)32(43)48-19-50-53(45,51-20-49-33(44)35(5,6)15-8-2)21-54(46,47)18-25-27(41)28(42)31(52-25)40-16-13-23-26(38-22-11-9-10-12-22)24(17-37)29(36)39-30(23)40/h13,16,22,25,27-28,31,41-42H,7-12,14-15,18-21H2,1-6H3,(H,38,39)/t25-,27-,28-,31-/m1/s1. The van der Waals surface area contributed by atoms with Gasteiger partial charge in [0.15, 0.2) is 26.7 Å². The number of aliphatic hydroxyl groups is 2. The number of hydrogen-bond acceptors (Lipinski definition) is 15. The number of aromatic nitrogens is 2. The van der Waals surface area contributed by atoms with E-state index in [9.17, 15) is 38.0 Å². The van der Waals surface area contributed by atoms with E-state index in [0.717, 1.165) is 25.7 Å². The summed E-state index contributed by atoms with van der Waals surface area (Å²) in [4.78, 5) is 29.6. The number of aliphatic hydroxyl groups excluding tert-OH is 2. The monoisotopic (exact) mass is 818 g/mol. The lowest BCUT2D eigenvalue weighted by Gasteiger charge is -2.24. The summed E-state index contributed by atoms with van der Waals surface area (Å²) in [5, 5.41) is 35.7. The molecule has 0 radical (unpaired) electrons. The molecular weight excluding hydrogens is 767 g/mol. The van der Waals surface area contributed by atoms with Gasteiger partial charge in [0, 0.05) is 17.6 Å². The average Bonchev–Trinajstić information content (AvgIpc) is 3.81. The molecule has 0 amide bonds. The summed E-state index contributed by atoms with van der Waals surface area (Å²) in [6.07, 6.45) is 1.53. The highest BCUT2D eigenvalue weighted by atomic mass is 35.5. The number of carbonyl (C=O) groups is 2. The molecule has 1 saturated carbocycles. The zero-order valence-corrected chi connectivity index (χ0v) is 34.0. The number of nitrogens with one attached hydrogen (secondary N) is 1. The Labute approximate surface area is 321 Å². The van der Waals surface area contributed by atoms with Gasteiger partial charge in [-0.3, -0.25) is 23.2 Å². The van der Waals surface area contributed by atoms with E-state index < -0.39 is 89.6 Å². The van der Waals surface area contributed by atoms with Crippen molar-refractivity contribution in [1.82, 2.24) is 9.55 Å². The fourth-order valence-corrected chi connectivity index (χ4v) is 11.2. The van der Waals surface area contributed by atoms with Gasteiger partial charge in [-0.05, 0) is 59.4 Å². The van der Waals surface area contributed by atoms with Crippen LogP contribution in [0.2, 0.25) is 5.15 Å². The average molecular weight is 819 g/mol. The van der Waals surface area contributed by atoms with Crippen LogP contribution >= 0.6 is 19.2 Å². The van der Waals surface area contributed by atoms with Crippen molar-refractivity contribution in [3.05, 3.63) is 23.0 Å². The van der Waals surface area contributed by atoms with Crippen molar-refractivity contribution in [3.8, 4) is 6.07 Å². The molecule has 2 fully saturated rings. The maximum atomic E-state index is 13.9. The Balaban J connectivity index is 1.52. The van der Waals surface area contributed by atoms with E-state index in [0.29, 0.717) is 36.8 Å². The topological polar surface area (TPSA) is 226 Å². The van der Waals surface area contributed by atoms with Crippen molar-refractivity contribution in [3.63, 3.8) is 0 Å². The summed E-state index contributed by atoms with van der Waals surface area (Å²) in [6, 6.07) is 3.86. The van der Waals surface area contributed by atoms with E-state index in [1.54, 1.807) is 33.8 Å². The highest BCUT2D eigenvalue weighted by molar-refractivity contribution is 7.97. The number of esters is 2. The van der Waals surface area contributed by atoms with Crippen LogP contribution in [0.15, 0.2) is 12.3 Å². The van der Waals surface area contributed by atoms with Crippen LogP contribution in [0.3, 0.4) is 0 Å². The SMILES string of the molecule is CCCC(C)(C)C(=O)OCOP(=O)(CS(=O)(=O)C[C@H]1O[C@@H](n2ccc3c(NC4CCCC4)c(C#N)c(Cl)nc32)[C@H](O)[C@@H]1O)OCOC(=O)C(C)(C)CCC. The summed E-state index contributed by atoms with van der Waals surface area (Å²) in [7, 11) is -9.22. The second kappa shape index (κ2) is 18.0. The second-order valence-corrected chi connectivity index (χ2v) is 20.1. The molecule has 3 N–H and O–H groups in total. The number of rotatable bonds is 19. The van der Waals surface area contributed by atoms with E-state index in [-0.39, 0.29) is 22.4 Å². The van der Waals surface area contributed by atoms with E-state index in [4.69, 9.17) is 34.9 Å². The Morgan fingerprint density at radius 2 is 1.61 bits per heavy atom. The number of fused-ring (bicyclic) bond motifs is 1. The molecule has 16 nitrogen and oxygen atoms in total. The van der Waals surface area contributed by atoms with Crippen molar-refractivity contribution >= 4 is 57.7 Å². The lowest BCUT2D eigenvalue weighted by molar-refractivity contribution is -0.163. The van der Waals surface area contributed by atoms with E-state index in [2.05, 4.69) is 16.4 Å². The Morgan fingerprint density at radius 3 is 2.13 bits per heavy atom.